The van der Waals surface area contributed by atoms with Crippen LogP contribution in [0.2, 0.25) is 0 Å². The Balaban J connectivity index is 1.73. The summed E-state index contributed by atoms with van der Waals surface area (Å²) in [5, 5.41) is 4.20. The minimum atomic E-state index is 0.00313. The molecule has 3 heterocycles. The molecule has 0 spiro atoms. The van der Waals surface area contributed by atoms with Gasteiger partial charge in [0.2, 0.25) is 0 Å². The highest BCUT2D eigenvalue weighted by atomic mass is 79.9. The Hall–Kier alpha value is -1.63. The summed E-state index contributed by atoms with van der Waals surface area (Å²) >= 11 is 6.97. The van der Waals surface area contributed by atoms with Crippen LogP contribution in [0.5, 0.6) is 5.75 Å². The van der Waals surface area contributed by atoms with Crippen LogP contribution < -0.4 is 4.74 Å². The zero-order chi connectivity index (χ0) is 17.4. The Morgan fingerprint density at radius 2 is 2.12 bits per heavy atom. The molecule has 0 saturated carbocycles. The number of hydrogen-bond acceptors (Lipinski definition) is 4. The molecular weight excluding hydrogens is 418 g/mol. The number of thiophene rings is 2. The summed E-state index contributed by atoms with van der Waals surface area (Å²) in [7, 11) is 1.62. The number of benzene rings is 1. The number of hydrogen-bond donors (Lipinski definition) is 0. The van der Waals surface area contributed by atoms with E-state index in [-0.39, 0.29) is 11.9 Å². The van der Waals surface area contributed by atoms with E-state index < -0.39 is 0 Å². The molecule has 6 heteroatoms. The maximum atomic E-state index is 13.3. The smallest absolute Gasteiger partial charge is 0.254 e. The molecule has 0 radical (unpaired) electrons. The fourth-order valence-corrected chi connectivity index (χ4v) is 5.55. The number of methoxy groups -OCH3 is 1. The lowest BCUT2D eigenvalue weighted by atomic mass is 9.97. The average molecular weight is 434 g/mol. The average Bonchev–Trinajstić information content (AvgIpc) is 3.31. The quantitative estimate of drug-likeness (QED) is 0.555. The summed E-state index contributed by atoms with van der Waals surface area (Å²) in [5.74, 6) is 0.781. The molecule has 3 aromatic rings. The first-order chi connectivity index (χ1) is 12.2. The van der Waals surface area contributed by atoms with Crippen molar-refractivity contribution in [1.82, 2.24) is 4.90 Å². The maximum absolute atomic E-state index is 13.3. The largest absolute Gasteiger partial charge is 0.496 e. The topological polar surface area (TPSA) is 29.5 Å². The molecule has 1 atom stereocenters. The van der Waals surface area contributed by atoms with Crippen LogP contribution in [0.4, 0.5) is 0 Å². The predicted molar refractivity (Wildman–Crippen MR) is 106 cm³/mol. The summed E-state index contributed by atoms with van der Waals surface area (Å²) < 4.78 is 6.07. The lowest BCUT2D eigenvalue weighted by molar-refractivity contribution is 0.0698. The second-order valence-electron chi connectivity index (χ2n) is 5.81. The van der Waals surface area contributed by atoms with E-state index in [0.717, 1.165) is 23.2 Å². The van der Waals surface area contributed by atoms with Crippen LogP contribution in [0.15, 0.2) is 51.6 Å². The number of carbonyl (C=O) groups is 1. The first kappa shape index (κ1) is 16.8. The van der Waals surface area contributed by atoms with Gasteiger partial charge >= 0.3 is 0 Å². The van der Waals surface area contributed by atoms with Gasteiger partial charge in [-0.3, -0.25) is 4.79 Å². The van der Waals surface area contributed by atoms with Crippen molar-refractivity contribution in [2.45, 2.75) is 12.5 Å². The molecule has 0 bridgehead atoms. The maximum Gasteiger partial charge on any atom is 0.254 e. The van der Waals surface area contributed by atoms with Crippen molar-refractivity contribution in [2.24, 2.45) is 0 Å². The van der Waals surface area contributed by atoms with Gasteiger partial charge in [0.05, 0.1) is 17.6 Å². The normalized spacial score (nSPS) is 16.6. The summed E-state index contributed by atoms with van der Waals surface area (Å²) in [6, 6.07) is 11.8. The molecule has 0 saturated heterocycles. The second kappa shape index (κ2) is 6.94. The van der Waals surface area contributed by atoms with E-state index in [1.54, 1.807) is 29.8 Å². The van der Waals surface area contributed by atoms with Crippen LogP contribution in [0.1, 0.15) is 31.7 Å². The second-order valence-corrected chi connectivity index (χ2v) is 8.65. The Morgan fingerprint density at radius 1 is 1.24 bits per heavy atom. The standard InChI is InChI=1S/C19H16BrNO2S2/c1-23-15-5-4-12(11-14(15)20)19(22)21-8-6-16-13(7-10-25-16)18(21)17-3-2-9-24-17/h2-5,7,9-11,18H,6,8H2,1H3/t18-/m0/s1. The van der Waals surface area contributed by atoms with Crippen LogP contribution in [-0.4, -0.2) is 24.5 Å². The molecule has 3 nitrogen and oxygen atoms in total. The summed E-state index contributed by atoms with van der Waals surface area (Å²) in [6.07, 6.45) is 0.915. The lowest BCUT2D eigenvalue weighted by Gasteiger charge is -2.35. The summed E-state index contributed by atoms with van der Waals surface area (Å²) in [4.78, 5) is 17.9. The number of amides is 1. The van der Waals surface area contributed by atoms with Crippen molar-refractivity contribution in [1.29, 1.82) is 0 Å². The first-order valence-corrected chi connectivity index (χ1v) is 10.5. The third-order valence-electron chi connectivity index (χ3n) is 4.44. The van der Waals surface area contributed by atoms with Gasteiger partial charge in [0.25, 0.3) is 5.91 Å². The molecule has 0 aliphatic carbocycles. The van der Waals surface area contributed by atoms with Crippen molar-refractivity contribution < 1.29 is 9.53 Å². The molecule has 1 aromatic carbocycles. The Kier molecular flexibility index (Phi) is 4.67. The Labute approximate surface area is 163 Å². The lowest BCUT2D eigenvalue weighted by Crippen LogP contribution is -2.39. The molecule has 0 N–H and O–H groups in total. The summed E-state index contributed by atoms with van der Waals surface area (Å²) in [6.45, 7) is 0.735. The molecule has 1 amide bonds. The molecule has 128 valence electrons. The van der Waals surface area contributed by atoms with Gasteiger partial charge in [-0.05, 0) is 69.0 Å². The van der Waals surface area contributed by atoms with E-state index in [4.69, 9.17) is 4.74 Å². The Morgan fingerprint density at radius 3 is 2.84 bits per heavy atom. The SMILES string of the molecule is COc1ccc(C(=O)N2CCc3sccc3[C@H]2c2cccs2)cc1Br. The molecule has 1 aliphatic heterocycles. The Bertz CT molecular complexity index is 904. The van der Waals surface area contributed by atoms with Crippen molar-refractivity contribution in [3.8, 4) is 5.75 Å². The van der Waals surface area contributed by atoms with Crippen LogP contribution >= 0.6 is 38.6 Å². The zero-order valence-electron chi connectivity index (χ0n) is 13.6. The minimum Gasteiger partial charge on any atom is -0.496 e. The van der Waals surface area contributed by atoms with Crippen LogP contribution in [-0.2, 0) is 6.42 Å². The van der Waals surface area contributed by atoms with Crippen LogP contribution in [0, 0.1) is 0 Å². The van der Waals surface area contributed by atoms with Crippen molar-refractivity contribution in [3.63, 3.8) is 0 Å². The fourth-order valence-electron chi connectivity index (χ4n) is 3.25. The molecule has 25 heavy (non-hydrogen) atoms. The molecule has 1 aliphatic rings. The van der Waals surface area contributed by atoms with E-state index in [1.807, 2.05) is 29.2 Å². The van der Waals surface area contributed by atoms with Gasteiger partial charge in [-0.15, -0.1) is 22.7 Å². The van der Waals surface area contributed by atoms with E-state index >= 15 is 0 Å². The highest BCUT2D eigenvalue weighted by Crippen LogP contribution is 2.40. The molecule has 2 aromatic heterocycles. The summed E-state index contributed by atoms with van der Waals surface area (Å²) in [5.41, 5.74) is 1.94. The molecule has 0 unspecified atom stereocenters. The van der Waals surface area contributed by atoms with Gasteiger partial charge < -0.3 is 9.64 Å². The van der Waals surface area contributed by atoms with Crippen molar-refractivity contribution in [3.05, 3.63) is 72.5 Å². The minimum absolute atomic E-state index is 0.00313. The number of fused-ring (bicyclic) bond motifs is 1. The van der Waals surface area contributed by atoms with Gasteiger partial charge in [0.15, 0.2) is 0 Å². The fraction of sp³-hybridized carbons (Fsp3) is 0.211. The highest BCUT2D eigenvalue weighted by Gasteiger charge is 2.34. The van der Waals surface area contributed by atoms with Crippen LogP contribution in [0.25, 0.3) is 0 Å². The molecular formula is C19H16BrNO2S2. The predicted octanol–water partition coefficient (Wildman–Crippen LogP) is 5.37. The third kappa shape index (κ3) is 3.03. The van der Waals surface area contributed by atoms with Crippen molar-refractivity contribution in [2.75, 3.05) is 13.7 Å². The molecule has 0 fully saturated rings. The van der Waals surface area contributed by atoms with E-state index in [1.165, 1.54) is 15.3 Å². The third-order valence-corrected chi connectivity index (χ3v) is 6.98. The van der Waals surface area contributed by atoms with Gasteiger partial charge in [-0.2, -0.15) is 0 Å². The highest BCUT2D eigenvalue weighted by molar-refractivity contribution is 9.10. The monoisotopic (exact) mass is 433 g/mol. The van der Waals surface area contributed by atoms with E-state index in [0.29, 0.717) is 5.56 Å². The molecule has 4 rings (SSSR count). The van der Waals surface area contributed by atoms with Crippen LogP contribution in [0.3, 0.4) is 0 Å². The number of halogens is 1. The van der Waals surface area contributed by atoms with Gasteiger partial charge in [-0.1, -0.05) is 6.07 Å². The van der Waals surface area contributed by atoms with Gasteiger partial charge in [0, 0.05) is 21.9 Å². The van der Waals surface area contributed by atoms with E-state index in [9.17, 15) is 4.79 Å². The number of nitrogens with zero attached hydrogens (tertiary/aromatic N) is 1. The van der Waals surface area contributed by atoms with Gasteiger partial charge in [-0.25, -0.2) is 0 Å². The van der Waals surface area contributed by atoms with Gasteiger partial charge in [0.1, 0.15) is 5.75 Å². The van der Waals surface area contributed by atoms with Crippen molar-refractivity contribution >= 4 is 44.5 Å². The number of rotatable bonds is 3. The number of carbonyl (C=O) groups excluding carboxylic acids is 1. The first-order valence-electron chi connectivity index (χ1n) is 7.93. The van der Waals surface area contributed by atoms with E-state index in [2.05, 4.69) is 38.8 Å². The zero-order valence-corrected chi connectivity index (χ0v) is 16.8. The number of ether oxygens (including phenoxy) is 1.